The number of piperazine rings is 1. The predicted molar refractivity (Wildman–Crippen MR) is 93.5 cm³/mol. The fourth-order valence-corrected chi connectivity index (χ4v) is 3.09. The van der Waals surface area contributed by atoms with Crippen LogP contribution in [0.4, 0.5) is 11.8 Å². The molecule has 25 heavy (non-hydrogen) atoms. The van der Waals surface area contributed by atoms with E-state index in [1.54, 1.807) is 19.3 Å². The van der Waals surface area contributed by atoms with Crippen molar-refractivity contribution in [2.75, 3.05) is 29.4 Å². The summed E-state index contributed by atoms with van der Waals surface area (Å²) < 4.78 is 5.77. The van der Waals surface area contributed by atoms with Gasteiger partial charge in [0, 0.05) is 38.1 Å². The summed E-state index contributed by atoms with van der Waals surface area (Å²) in [6.07, 6.45) is 2.71. The van der Waals surface area contributed by atoms with Crippen molar-refractivity contribution in [2.24, 2.45) is 0 Å². The van der Waals surface area contributed by atoms with E-state index in [0.29, 0.717) is 17.6 Å². The summed E-state index contributed by atoms with van der Waals surface area (Å²) in [6.45, 7) is 6.12. The van der Waals surface area contributed by atoms with Crippen molar-refractivity contribution >= 4 is 23.1 Å². The van der Waals surface area contributed by atoms with E-state index in [1.165, 1.54) is 0 Å². The molecule has 4 rings (SSSR count). The van der Waals surface area contributed by atoms with Crippen LogP contribution in [-0.4, -0.2) is 50.7 Å². The van der Waals surface area contributed by atoms with Crippen LogP contribution in [-0.2, 0) is 0 Å². The summed E-state index contributed by atoms with van der Waals surface area (Å²) in [4.78, 5) is 21.7. The molecule has 1 N–H and O–H groups in total. The van der Waals surface area contributed by atoms with Gasteiger partial charge in [0.2, 0.25) is 5.71 Å². The van der Waals surface area contributed by atoms with Crippen LogP contribution in [0.25, 0.3) is 11.2 Å². The van der Waals surface area contributed by atoms with Crippen LogP contribution in [0, 0.1) is 0 Å². The summed E-state index contributed by atoms with van der Waals surface area (Å²) in [5, 5.41) is 9.69. The second-order valence-electron chi connectivity index (χ2n) is 6.26. The zero-order valence-corrected chi connectivity index (χ0v) is 14.2. The van der Waals surface area contributed by atoms with Gasteiger partial charge in [-0.15, -0.1) is 0 Å². The van der Waals surface area contributed by atoms with Gasteiger partial charge in [-0.05, 0) is 32.0 Å². The average molecular weight is 340 g/mol. The van der Waals surface area contributed by atoms with E-state index >= 15 is 0 Å². The summed E-state index contributed by atoms with van der Waals surface area (Å²) in [5.41, 5.74) is 1.33. The van der Waals surface area contributed by atoms with E-state index in [-0.39, 0.29) is 6.04 Å². The molecule has 1 saturated heterocycles. The van der Waals surface area contributed by atoms with Gasteiger partial charge in [0.1, 0.15) is 17.4 Å². The van der Waals surface area contributed by atoms with E-state index < -0.39 is 6.10 Å². The molecule has 1 aliphatic heterocycles. The summed E-state index contributed by atoms with van der Waals surface area (Å²) in [7, 11) is 0. The van der Waals surface area contributed by atoms with Gasteiger partial charge >= 0.3 is 0 Å². The Bertz CT molecular complexity index is 847. The average Bonchev–Trinajstić information content (AvgIpc) is 3.06. The smallest absolute Gasteiger partial charge is 0.299 e. The highest BCUT2D eigenvalue weighted by molar-refractivity contribution is 5.70. The number of anilines is 2. The summed E-state index contributed by atoms with van der Waals surface area (Å²) in [5.74, 6) is 1.27. The minimum atomic E-state index is -0.677. The van der Waals surface area contributed by atoms with Gasteiger partial charge in [-0.2, -0.15) is 4.98 Å². The Hall–Kier alpha value is -2.74. The number of aromatic nitrogens is 4. The molecule has 4 heterocycles. The molecule has 0 aromatic carbocycles. The van der Waals surface area contributed by atoms with Gasteiger partial charge in [0.15, 0.2) is 5.82 Å². The largest absolute Gasteiger partial charge is 0.404 e. The van der Waals surface area contributed by atoms with E-state index in [9.17, 15) is 5.11 Å². The monoisotopic (exact) mass is 340 g/mol. The molecule has 2 atom stereocenters. The molecular weight excluding hydrogens is 320 g/mol. The topological polar surface area (TPSA) is 91.4 Å². The second kappa shape index (κ2) is 6.29. The third-order valence-electron chi connectivity index (χ3n) is 4.38. The molecular formula is C17H20N6O2. The fourth-order valence-electron chi connectivity index (χ4n) is 3.09. The lowest BCUT2D eigenvalue weighted by Gasteiger charge is -2.39. The molecule has 2 unspecified atom stereocenters. The second-order valence-corrected chi connectivity index (χ2v) is 6.26. The minimum absolute atomic E-state index is 0.216. The van der Waals surface area contributed by atoms with Crippen LogP contribution in [0.5, 0.6) is 0 Å². The first-order valence-electron chi connectivity index (χ1n) is 8.36. The van der Waals surface area contributed by atoms with Crippen LogP contribution in [0.3, 0.4) is 0 Å². The number of rotatable bonds is 3. The summed E-state index contributed by atoms with van der Waals surface area (Å²) in [6, 6.07) is 6.44. The molecule has 0 spiro atoms. The molecule has 3 aromatic heterocycles. The third kappa shape index (κ3) is 3.00. The highest BCUT2D eigenvalue weighted by Crippen LogP contribution is 2.25. The molecule has 3 aromatic rings. The van der Waals surface area contributed by atoms with Crippen molar-refractivity contribution in [1.82, 2.24) is 19.9 Å². The molecule has 0 saturated carbocycles. The lowest BCUT2D eigenvalue weighted by molar-refractivity contribution is 0.189. The van der Waals surface area contributed by atoms with Gasteiger partial charge in [0.25, 0.3) is 6.01 Å². The molecule has 1 fully saturated rings. The molecule has 0 aliphatic carbocycles. The van der Waals surface area contributed by atoms with Crippen molar-refractivity contribution < 1.29 is 9.52 Å². The van der Waals surface area contributed by atoms with E-state index in [0.717, 1.165) is 31.0 Å². The van der Waals surface area contributed by atoms with Crippen molar-refractivity contribution in [3.05, 3.63) is 36.4 Å². The Kier molecular flexibility index (Phi) is 3.96. The number of oxazole rings is 1. The maximum atomic E-state index is 9.69. The number of pyridine rings is 1. The van der Waals surface area contributed by atoms with E-state index in [2.05, 4.69) is 36.7 Å². The Balaban J connectivity index is 1.53. The fraction of sp³-hybridized carbons (Fsp3) is 0.412. The summed E-state index contributed by atoms with van der Waals surface area (Å²) >= 11 is 0. The van der Waals surface area contributed by atoms with Crippen LogP contribution in [0.15, 0.2) is 35.0 Å². The normalized spacial score (nSPS) is 19.4. The number of aliphatic hydroxyl groups is 1. The molecule has 8 heteroatoms. The number of hydrogen-bond donors (Lipinski definition) is 1. The first-order chi connectivity index (χ1) is 12.1. The van der Waals surface area contributed by atoms with Gasteiger partial charge in [-0.3, -0.25) is 0 Å². The van der Waals surface area contributed by atoms with E-state index in [4.69, 9.17) is 4.42 Å². The lowest BCUT2D eigenvalue weighted by Crippen LogP contribution is -2.52. The number of fused-ring (bicyclic) bond motifs is 1. The van der Waals surface area contributed by atoms with Crippen LogP contribution >= 0.6 is 0 Å². The highest BCUT2D eigenvalue weighted by Gasteiger charge is 2.28. The Labute approximate surface area is 145 Å². The van der Waals surface area contributed by atoms with Crippen LogP contribution < -0.4 is 9.80 Å². The molecule has 1 aliphatic rings. The van der Waals surface area contributed by atoms with Gasteiger partial charge in [-0.25, -0.2) is 15.0 Å². The van der Waals surface area contributed by atoms with Crippen molar-refractivity contribution in [3.63, 3.8) is 0 Å². The molecule has 0 bridgehead atoms. The third-order valence-corrected chi connectivity index (χ3v) is 4.38. The SMILES string of the molecule is CC(O)c1nccc(N2CCN(c3nc4cccnc4o3)CC2C)n1. The molecule has 0 radical (unpaired) electrons. The van der Waals surface area contributed by atoms with Crippen molar-refractivity contribution in [3.8, 4) is 0 Å². The van der Waals surface area contributed by atoms with Crippen molar-refractivity contribution in [2.45, 2.75) is 26.0 Å². The first kappa shape index (κ1) is 15.8. The van der Waals surface area contributed by atoms with Crippen molar-refractivity contribution in [1.29, 1.82) is 0 Å². The van der Waals surface area contributed by atoms with E-state index in [1.807, 2.05) is 18.2 Å². The molecule has 130 valence electrons. The quantitative estimate of drug-likeness (QED) is 0.771. The standard InChI is InChI=1S/C17H20N6O2/c1-11-10-22(17-20-13-4-3-6-19-16(13)25-17)8-9-23(11)14-5-7-18-15(21-14)12(2)24/h3-7,11-12,24H,8-10H2,1-2H3. The van der Waals surface area contributed by atoms with Gasteiger partial charge in [0.05, 0.1) is 0 Å². The van der Waals surface area contributed by atoms with Crippen LogP contribution in [0.1, 0.15) is 25.8 Å². The first-order valence-corrected chi connectivity index (χ1v) is 8.36. The number of nitrogens with zero attached hydrogens (tertiary/aromatic N) is 6. The Morgan fingerprint density at radius 3 is 2.84 bits per heavy atom. The number of aliphatic hydroxyl groups excluding tert-OH is 1. The van der Waals surface area contributed by atoms with Crippen LogP contribution in [0.2, 0.25) is 0 Å². The predicted octanol–water partition coefficient (Wildman–Crippen LogP) is 1.78. The maximum absolute atomic E-state index is 9.69. The maximum Gasteiger partial charge on any atom is 0.299 e. The zero-order valence-electron chi connectivity index (χ0n) is 14.2. The Morgan fingerprint density at radius 1 is 1.20 bits per heavy atom. The molecule has 0 amide bonds. The van der Waals surface area contributed by atoms with Gasteiger partial charge in [-0.1, -0.05) is 0 Å². The highest BCUT2D eigenvalue weighted by atomic mass is 16.4. The minimum Gasteiger partial charge on any atom is -0.404 e. The molecule has 8 nitrogen and oxygen atoms in total. The zero-order chi connectivity index (χ0) is 17.4. The van der Waals surface area contributed by atoms with Gasteiger partial charge < -0.3 is 19.3 Å². The lowest BCUT2D eigenvalue weighted by atomic mass is 10.2. The Morgan fingerprint density at radius 2 is 2.08 bits per heavy atom. The number of hydrogen-bond acceptors (Lipinski definition) is 8.